The van der Waals surface area contributed by atoms with E-state index in [4.69, 9.17) is 28.4 Å². The molecular weight excluding hydrogens is 837 g/mol. The Bertz CT molecular complexity index is 1810. The topological polar surface area (TPSA) is 272 Å². The molecule has 17 heteroatoms. The highest BCUT2D eigenvalue weighted by Crippen LogP contribution is 2.76. The highest BCUT2D eigenvalue weighted by molar-refractivity contribution is 5.76. The molecule has 3 heterocycles. The van der Waals surface area contributed by atoms with Crippen molar-refractivity contribution in [2.24, 2.45) is 50.2 Å². The summed E-state index contributed by atoms with van der Waals surface area (Å²) in [5.74, 6) is -1.85. The molecule has 22 atom stereocenters. The Hall–Kier alpha value is -1.84. The Morgan fingerprint density at radius 1 is 0.672 bits per heavy atom. The summed E-state index contributed by atoms with van der Waals surface area (Å²) in [6.07, 6.45) is -13.6. The van der Waals surface area contributed by atoms with Crippen LogP contribution in [0.2, 0.25) is 0 Å². The van der Waals surface area contributed by atoms with Crippen molar-refractivity contribution in [3.8, 4) is 0 Å². The van der Waals surface area contributed by atoms with Crippen LogP contribution in [0.5, 0.6) is 0 Å². The predicted molar refractivity (Wildman–Crippen MR) is 224 cm³/mol. The Morgan fingerprint density at radius 2 is 1.33 bits per heavy atom. The zero-order valence-electron chi connectivity index (χ0n) is 38.5. The van der Waals surface area contributed by atoms with E-state index in [1.165, 1.54) is 12.5 Å². The molecule has 0 aromatic heterocycles. The number of rotatable bonds is 8. The molecule has 8 aliphatic rings. The minimum absolute atomic E-state index is 0.00977. The van der Waals surface area contributed by atoms with E-state index in [1.807, 2.05) is 0 Å². The van der Waals surface area contributed by atoms with Gasteiger partial charge >= 0.3 is 11.9 Å². The van der Waals surface area contributed by atoms with Gasteiger partial charge in [-0.3, -0.25) is 4.79 Å². The third-order valence-electron chi connectivity index (χ3n) is 18.9. The van der Waals surface area contributed by atoms with E-state index in [-0.39, 0.29) is 39.4 Å². The van der Waals surface area contributed by atoms with Crippen molar-refractivity contribution in [1.82, 2.24) is 0 Å². The van der Waals surface area contributed by atoms with Crippen molar-refractivity contribution in [3.05, 3.63) is 11.6 Å². The van der Waals surface area contributed by atoms with Gasteiger partial charge in [0.15, 0.2) is 25.0 Å². The fourth-order valence-corrected chi connectivity index (χ4v) is 14.8. The Kier molecular flexibility index (Phi) is 12.7. The summed E-state index contributed by atoms with van der Waals surface area (Å²) in [5.41, 5.74) is -0.358. The van der Waals surface area contributed by atoms with Crippen LogP contribution in [0.3, 0.4) is 0 Å². The maximum Gasteiger partial charge on any atom is 0.335 e. The van der Waals surface area contributed by atoms with Gasteiger partial charge in [-0.15, -0.1) is 0 Å². The van der Waals surface area contributed by atoms with Crippen LogP contribution in [0, 0.1) is 50.2 Å². The van der Waals surface area contributed by atoms with Gasteiger partial charge in [0.2, 0.25) is 0 Å². The van der Waals surface area contributed by atoms with Crippen molar-refractivity contribution in [3.63, 3.8) is 0 Å². The van der Waals surface area contributed by atoms with E-state index in [2.05, 4.69) is 54.5 Å². The van der Waals surface area contributed by atoms with Crippen molar-refractivity contribution >= 4 is 11.9 Å². The summed E-state index contributed by atoms with van der Waals surface area (Å²) in [6.45, 7) is 17.1. The van der Waals surface area contributed by atoms with E-state index >= 15 is 0 Å². The second-order valence-electron chi connectivity index (χ2n) is 23.0. The molecule has 3 aliphatic heterocycles. The molecule has 364 valence electrons. The average Bonchev–Trinajstić information content (AvgIpc) is 3.21. The van der Waals surface area contributed by atoms with E-state index in [9.17, 15) is 55.5 Å². The number of carboxylic acid groups (broad SMARTS) is 2. The number of allylic oxidation sites excluding steroid dienone is 2. The summed E-state index contributed by atoms with van der Waals surface area (Å²) in [4.78, 5) is 25.9. The van der Waals surface area contributed by atoms with Gasteiger partial charge in [-0.05, 0) is 116 Å². The lowest BCUT2D eigenvalue weighted by molar-refractivity contribution is -0.390. The molecule has 17 nitrogen and oxygen atoms in total. The number of hydrogen-bond donors (Lipinski definition) is 9. The molecule has 0 unspecified atom stereocenters. The SMILES string of the molecule is C[C@@H]1O[C@@H](O[C@H]2[C@H](O)[C@@H](C(=O)O)O[C@@H](O[C@H]3CC[C@@]4(C)[C@H](CC[C@]5(C)[C@H]4CC=C4[C@@H]6CC(C)(C)CC[C@]6(C(=O)O)CC[C@]45C)C3(C)C)[C@@H]2O[C@@H]2OC[C@@H](O)[C@H](O)[C@H]2O)[C@H](O)[C@H](O)[C@H]1O. The van der Waals surface area contributed by atoms with Gasteiger partial charge in [0.25, 0.3) is 0 Å². The third kappa shape index (κ3) is 7.45. The molecule has 0 spiro atoms. The standard InChI is InChI=1S/C47H74O17/c1-21-28(49)30(51)32(53)39(60-21)62-34-33(54)35(37(55)56)63-40(36(34)64-38-31(52)29(50)24(48)20-59-38)61-27-12-13-44(6)25(43(27,4)5)11-14-46(8)26(44)10-9-22-23-19-42(2,3)15-17-47(23,41(57)58)18-16-45(22,46)7/h9,21,23-36,38-40,48-54H,10-20H2,1-8H3,(H,55,56)(H,57,58)/t21-,23-,24+,25+,26-,27-,28-,29-,30+,31+,32+,33-,34-,35-,36+,38-,39-,40+,44-,45+,46+,47-/m0/s1. The van der Waals surface area contributed by atoms with E-state index in [0.29, 0.717) is 19.3 Å². The largest absolute Gasteiger partial charge is 0.481 e. The normalized spacial score (nSPS) is 53.4. The lowest BCUT2D eigenvalue weighted by Gasteiger charge is -2.71. The highest BCUT2D eigenvalue weighted by atomic mass is 16.8. The molecule has 9 N–H and O–H groups in total. The number of fused-ring (bicyclic) bond motifs is 7. The molecular formula is C47H74O17. The molecule has 64 heavy (non-hydrogen) atoms. The summed E-state index contributed by atoms with van der Waals surface area (Å²) in [6, 6.07) is 0. The lowest BCUT2D eigenvalue weighted by atomic mass is 9.33. The number of carbonyl (C=O) groups is 2. The number of carboxylic acids is 2. The molecule has 5 aliphatic carbocycles. The minimum Gasteiger partial charge on any atom is -0.481 e. The fraction of sp³-hybridized carbons (Fsp3) is 0.915. The van der Waals surface area contributed by atoms with Gasteiger partial charge in [0, 0.05) is 0 Å². The lowest BCUT2D eigenvalue weighted by Crippen LogP contribution is -2.68. The molecule has 0 radical (unpaired) electrons. The van der Waals surface area contributed by atoms with Crippen LogP contribution in [-0.2, 0) is 38.0 Å². The number of hydrogen-bond acceptors (Lipinski definition) is 15. The first-order chi connectivity index (χ1) is 29.7. The predicted octanol–water partition coefficient (Wildman–Crippen LogP) is 2.47. The van der Waals surface area contributed by atoms with Crippen LogP contribution >= 0.6 is 0 Å². The van der Waals surface area contributed by atoms with Crippen molar-refractivity contribution in [1.29, 1.82) is 0 Å². The van der Waals surface area contributed by atoms with E-state index in [0.717, 1.165) is 44.9 Å². The molecule has 0 aromatic rings. The number of aliphatic hydroxyl groups is 7. The number of ether oxygens (including phenoxy) is 6. The fourth-order valence-electron chi connectivity index (χ4n) is 14.8. The highest BCUT2D eigenvalue weighted by Gasteiger charge is 2.70. The van der Waals surface area contributed by atoms with Gasteiger partial charge in [-0.1, -0.05) is 60.1 Å². The molecule has 0 amide bonds. The number of aliphatic carboxylic acids is 2. The van der Waals surface area contributed by atoms with Gasteiger partial charge in [0.05, 0.1) is 24.2 Å². The Labute approximate surface area is 375 Å². The van der Waals surface area contributed by atoms with Crippen molar-refractivity contribution < 1.29 is 84.0 Å². The number of aliphatic hydroxyl groups excluding tert-OH is 7. The monoisotopic (exact) mass is 910 g/mol. The maximum absolute atomic E-state index is 13.2. The average molecular weight is 911 g/mol. The van der Waals surface area contributed by atoms with Crippen LogP contribution in [-0.4, -0.2) is 157 Å². The zero-order valence-corrected chi connectivity index (χ0v) is 38.5. The van der Waals surface area contributed by atoms with Crippen LogP contribution in [0.15, 0.2) is 11.6 Å². The molecule has 4 saturated carbocycles. The first-order valence-electron chi connectivity index (χ1n) is 23.6. The second-order valence-corrected chi connectivity index (χ2v) is 23.0. The summed E-state index contributed by atoms with van der Waals surface area (Å²) in [5, 5.41) is 96.4. The van der Waals surface area contributed by atoms with Crippen LogP contribution in [0.1, 0.15) is 120 Å². The van der Waals surface area contributed by atoms with Crippen LogP contribution < -0.4 is 0 Å². The Morgan fingerprint density at radius 3 is 2.00 bits per heavy atom. The zero-order chi connectivity index (χ0) is 46.9. The van der Waals surface area contributed by atoms with Crippen LogP contribution in [0.4, 0.5) is 0 Å². The molecule has 7 fully saturated rings. The van der Waals surface area contributed by atoms with Gasteiger partial charge in [-0.2, -0.15) is 0 Å². The maximum atomic E-state index is 13.2. The Balaban J connectivity index is 1.09. The van der Waals surface area contributed by atoms with Crippen molar-refractivity contribution in [2.75, 3.05) is 6.61 Å². The van der Waals surface area contributed by atoms with E-state index in [1.54, 1.807) is 0 Å². The smallest absolute Gasteiger partial charge is 0.335 e. The summed E-state index contributed by atoms with van der Waals surface area (Å²) in [7, 11) is 0. The first-order valence-corrected chi connectivity index (χ1v) is 23.6. The van der Waals surface area contributed by atoms with Crippen molar-refractivity contribution in [2.45, 2.75) is 212 Å². The second kappa shape index (κ2) is 16.7. The van der Waals surface area contributed by atoms with Crippen LogP contribution in [0.25, 0.3) is 0 Å². The quantitative estimate of drug-likeness (QED) is 0.125. The molecule has 0 bridgehead atoms. The van der Waals surface area contributed by atoms with Gasteiger partial charge in [0.1, 0.15) is 54.9 Å². The first kappa shape index (κ1) is 48.6. The third-order valence-corrected chi connectivity index (χ3v) is 18.9. The molecule has 3 saturated heterocycles. The minimum atomic E-state index is -2.00. The summed E-state index contributed by atoms with van der Waals surface area (Å²) < 4.78 is 36.5. The molecule has 8 rings (SSSR count). The van der Waals surface area contributed by atoms with Gasteiger partial charge in [-0.25, -0.2) is 4.79 Å². The summed E-state index contributed by atoms with van der Waals surface area (Å²) >= 11 is 0. The molecule has 0 aromatic carbocycles. The van der Waals surface area contributed by atoms with Gasteiger partial charge < -0.3 is 74.4 Å². The van der Waals surface area contributed by atoms with E-state index < -0.39 is 121 Å².